The van der Waals surface area contributed by atoms with Crippen molar-refractivity contribution in [1.29, 1.82) is 0 Å². The highest BCUT2D eigenvalue weighted by Gasteiger charge is 2.58. The third-order valence-corrected chi connectivity index (χ3v) is 5.10. The summed E-state index contributed by atoms with van der Waals surface area (Å²) in [7, 11) is 1.37. The van der Waals surface area contributed by atoms with Crippen molar-refractivity contribution in [1.82, 2.24) is 10.1 Å². The summed E-state index contributed by atoms with van der Waals surface area (Å²) in [5.74, 6) is -0.569. The molecule has 2 aliphatic rings. The quantitative estimate of drug-likeness (QED) is 0.788. The first-order chi connectivity index (χ1) is 12.2. The van der Waals surface area contributed by atoms with Crippen LogP contribution in [0.3, 0.4) is 0 Å². The third-order valence-electron chi connectivity index (χ3n) is 5.10. The molecule has 0 aliphatic carbocycles. The number of likely N-dealkylation sites (tertiary alicyclic amines) is 1. The number of rotatable bonds is 3. The number of amides is 1. The van der Waals surface area contributed by atoms with Gasteiger partial charge in [-0.2, -0.15) is 0 Å². The Labute approximate surface area is 144 Å². The number of nitrogens with zero attached hydrogens (tertiary/aromatic N) is 2. The second-order valence-electron chi connectivity index (χ2n) is 6.49. The molecule has 0 spiro atoms. The summed E-state index contributed by atoms with van der Waals surface area (Å²) in [6, 6.07) is 9.39. The highest BCUT2D eigenvalue weighted by Crippen LogP contribution is 2.43. The molecule has 4 rings (SSSR count). The summed E-state index contributed by atoms with van der Waals surface area (Å²) in [4.78, 5) is 27.0. The predicted octanol–water partition coefficient (Wildman–Crippen LogP) is 1.60. The number of fused-ring (bicyclic) bond motifs is 1. The summed E-state index contributed by atoms with van der Waals surface area (Å²) in [5.41, 5.74) is 0.942. The molecular formula is C18H18N2O5. The zero-order valence-electron chi connectivity index (χ0n) is 13.8. The number of hydrogen-bond donors (Lipinski definition) is 0. The molecule has 3 heterocycles. The van der Waals surface area contributed by atoms with E-state index in [4.69, 9.17) is 14.0 Å². The zero-order valence-corrected chi connectivity index (χ0v) is 13.8. The summed E-state index contributed by atoms with van der Waals surface area (Å²) in [6.07, 6.45) is 1.36. The van der Waals surface area contributed by atoms with Gasteiger partial charge in [0.05, 0.1) is 20.3 Å². The van der Waals surface area contributed by atoms with E-state index in [1.54, 1.807) is 4.90 Å². The number of ether oxygens (including phenoxy) is 2. The predicted molar refractivity (Wildman–Crippen MR) is 86.6 cm³/mol. The highest BCUT2D eigenvalue weighted by molar-refractivity contribution is 6.00. The first-order valence-electron chi connectivity index (χ1n) is 8.11. The Morgan fingerprint density at radius 1 is 1.32 bits per heavy atom. The molecule has 0 unspecified atom stereocenters. The average molecular weight is 342 g/mol. The molecule has 1 amide bonds. The number of benzene rings is 1. The number of carbonyl (C=O) groups is 2. The summed E-state index contributed by atoms with van der Waals surface area (Å²) < 4.78 is 15.5. The standard InChI is InChI=1S/C18H18N2O5/c1-23-17(22)18-10-20(7-13(18)8-24-11-18)16(21)14-9-25-19-15(14)12-5-3-2-4-6-12/h2-6,9,13H,7-8,10-11H2,1H3/t13-,18-/m0/s1. The maximum Gasteiger partial charge on any atom is 0.316 e. The molecule has 0 bridgehead atoms. The van der Waals surface area contributed by atoms with Gasteiger partial charge in [-0.05, 0) is 0 Å². The van der Waals surface area contributed by atoms with Gasteiger partial charge >= 0.3 is 5.97 Å². The fourth-order valence-corrected chi connectivity index (χ4v) is 3.75. The molecule has 2 saturated heterocycles. The van der Waals surface area contributed by atoms with Gasteiger partial charge in [0.1, 0.15) is 22.9 Å². The fraction of sp³-hybridized carbons (Fsp3) is 0.389. The second-order valence-corrected chi connectivity index (χ2v) is 6.49. The minimum absolute atomic E-state index is 0.0519. The molecule has 2 fully saturated rings. The van der Waals surface area contributed by atoms with Crippen LogP contribution in [-0.2, 0) is 14.3 Å². The Kier molecular flexibility index (Phi) is 3.80. The molecule has 130 valence electrons. The van der Waals surface area contributed by atoms with Crippen molar-refractivity contribution in [2.75, 3.05) is 33.4 Å². The Morgan fingerprint density at radius 2 is 2.12 bits per heavy atom. The van der Waals surface area contributed by atoms with Gasteiger partial charge in [0.15, 0.2) is 0 Å². The first-order valence-corrected chi connectivity index (χ1v) is 8.11. The van der Waals surface area contributed by atoms with E-state index in [2.05, 4.69) is 5.16 Å². The van der Waals surface area contributed by atoms with Crippen molar-refractivity contribution >= 4 is 11.9 Å². The van der Waals surface area contributed by atoms with E-state index in [0.29, 0.717) is 24.4 Å². The highest BCUT2D eigenvalue weighted by atomic mass is 16.5. The van der Waals surface area contributed by atoms with Crippen molar-refractivity contribution in [3.05, 3.63) is 42.2 Å². The molecule has 1 aromatic heterocycles. The Morgan fingerprint density at radius 3 is 2.88 bits per heavy atom. The lowest BCUT2D eigenvalue weighted by atomic mass is 9.81. The lowest BCUT2D eigenvalue weighted by Crippen LogP contribution is -2.41. The van der Waals surface area contributed by atoms with E-state index in [-0.39, 0.29) is 30.9 Å². The van der Waals surface area contributed by atoms with Crippen molar-refractivity contribution in [3.63, 3.8) is 0 Å². The van der Waals surface area contributed by atoms with Crippen LogP contribution >= 0.6 is 0 Å². The molecule has 2 aliphatic heterocycles. The maximum atomic E-state index is 13.0. The van der Waals surface area contributed by atoms with Crippen molar-refractivity contribution in [3.8, 4) is 11.3 Å². The van der Waals surface area contributed by atoms with Gasteiger partial charge in [-0.25, -0.2) is 0 Å². The lowest BCUT2D eigenvalue weighted by Gasteiger charge is -2.23. The van der Waals surface area contributed by atoms with Crippen molar-refractivity contribution < 1.29 is 23.6 Å². The van der Waals surface area contributed by atoms with E-state index < -0.39 is 5.41 Å². The van der Waals surface area contributed by atoms with E-state index in [9.17, 15) is 9.59 Å². The lowest BCUT2D eigenvalue weighted by molar-refractivity contribution is -0.153. The number of methoxy groups -OCH3 is 1. The number of esters is 1. The Hall–Kier alpha value is -2.67. The molecule has 2 atom stereocenters. The van der Waals surface area contributed by atoms with Crippen LogP contribution in [0.2, 0.25) is 0 Å². The van der Waals surface area contributed by atoms with Crippen LogP contribution in [0.15, 0.2) is 41.1 Å². The van der Waals surface area contributed by atoms with Gasteiger partial charge in [-0.1, -0.05) is 35.5 Å². The van der Waals surface area contributed by atoms with Crippen LogP contribution in [0.4, 0.5) is 0 Å². The number of aromatic nitrogens is 1. The molecule has 2 aromatic rings. The van der Waals surface area contributed by atoms with Gasteiger partial charge in [0.2, 0.25) is 0 Å². The van der Waals surface area contributed by atoms with Gasteiger partial charge in [-0.3, -0.25) is 9.59 Å². The van der Waals surface area contributed by atoms with Crippen LogP contribution in [0.1, 0.15) is 10.4 Å². The minimum Gasteiger partial charge on any atom is -0.468 e. The molecule has 1 aromatic carbocycles. The molecule has 7 nitrogen and oxygen atoms in total. The number of hydrogen-bond acceptors (Lipinski definition) is 6. The summed E-state index contributed by atoms with van der Waals surface area (Å²) in [6.45, 7) is 1.47. The average Bonchev–Trinajstić information content (AvgIpc) is 3.35. The van der Waals surface area contributed by atoms with E-state index in [1.807, 2.05) is 30.3 Å². The van der Waals surface area contributed by atoms with Crippen LogP contribution in [-0.4, -0.2) is 55.3 Å². The van der Waals surface area contributed by atoms with Gasteiger partial charge in [0.25, 0.3) is 5.91 Å². The SMILES string of the molecule is COC(=O)[C@@]12COC[C@@H]1CN(C(=O)c1conc1-c1ccccc1)C2. The first kappa shape index (κ1) is 15.8. The molecular weight excluding hydrogens is 324 g/mol. The third kappa shape index (κ3) is 2.42. The normalized spacial score (nSPS) is 25.0. The van der Waals surface area contributed by atoms with Crippen molar-refractivity contribution in [2.24, 2.45) is 11.3 Å². The number of carbonyl (C=O) groups excluding carboxylic acids is 2. The molecule has 7 heteroatoms. The minimum atomic E-state index is -0.769. The van der Waals surface area contributed by atoms with Crippen molar-refractivity contribution in [2.45, 2.75) is 0 Å². The van der Waals surface area contributed by atoms with E-state index in [1.165, 1.54) is 13.4 Å². The van der Waals surface area contributed by atoms with Crippen LogP contribution in [0.25, 0.3) is 11.3 Å². The Balaban J connectivity index is 1.62. The van der Waals surface area contributed by atoms with Gasteiger partial charge < -0.3 is 18.9 Å². The van der Waals surface area contributed by atoms with E-state index in [0.717, 1.165) is 5.56 Å². The van der Waals surface area contributed by atoms with Crippen LogP contribution in [0.5, 0.6) is 0 Å². The molecule has 0 radical (unpaired) electrons. The molecule has 0 saturated carbocycles. The topological polar surface area (TPSA) is 81.9 Å². The smallest absolute Gasteiger partial charge is 0.316 e. The zero-order chi connectivity index (χ0) is 17.4. The molecule has 0 N–H and O–H groups in total. The Bertz CT molecular complexity index is 803. The molecule has 25 heavy (non-hydrogen) atoms. The van der Waals surface area contributed by atoms with Gasteiger partial charge in [0, 0.05) is 24.6 Å². The summed E-state index contributed by atoms with van der Waals surface area (Å²) >= 11 is 0. The monoisotopic (exact) mass is 342 g/mol. The van der Waals surface area contributed by atoms with E-state index >= 15 is 0 Å². The van der Waals surface area contributed by atoms with Crippen LogP contribution < -0.4 is 0 Å². The maximum absolute atomic E-state index is 13.0. The van der Waals surface area contributed by atoms with Gasteiger partial charge in [-0.15, -0.1) is 0 Å². The van der Waals surface area contributed by atoms with Crippen LogP contribution in [0, 0.1) is 11.3 Å². The largest absolute Gasteiger partial charge is 0.468 e. The fourth-order valence-electron chi connectivity index (χ4n) is 3.75. The second kappa shape index (κ2) is 6.00. The summed E-state index contributed by atoms with van der Waals surface area (Å²) in [5, 5.41) is 3.98.